The van der Waals surface area contributed by atoms with Crippen molar-refractivity contribution in [2.75, 3.05) is 12.0 Å². The molecule has 3 aromatic rings. The van der Waals surface area contributed by atoms with Crippen LogP contribution >= 0.6 is 11.3 Å². The van der Waals surface area contributed by atoms with Crippen molar-refractivity contribution in [1.29, 1.82) is 0 Å². The molecule has 3 rings (SSSR count). The van der Waals surface area contributed by atoms with E-state index in [9.17, 15) is 9.18 Å². The Hall–Kier alpha value is -3.00. The van der Waals surface area contributed by atoms with Gasteiger partial charge in [-0.3, -0.25) is 4.98 Å². The number of thiazole rings is 1. The summed E-state index contributed by atoms with van der Waals surface area (Å²) in [5.41, 5.74) is 0.604. The number of ether oxygens (including phenoxy) is 2. The standard InChI is InChI=1S/C21H22FN3O3S/c1-21(2,3)28-20(26)25(13-14-5-7-15(27-4)8-6-14)19-24-12-18(29-19)16-9-10-23-11-17(16)22/h5-12H,13H2,1-4H3. The summed E-state index contributed by atoms with van der Waals surface area (Å²) in [6.07, 6.45) is 3.69. The van der Waals surface area contributed by atoms with Crippen LogP contribution in [0.1, 0.15) is 26.3 Å². The van der Waals surface area contributed by atoms with E-state index in [0.29, 0.717) is 15.6 Å². The Balaban J connectivity index is 1.92. The lowest BCUT2D eigenvalue weighted by molar-refractivity contribution is 0.0577. The molecule has 0 spiro atoms. The van der Waals surface area contributed by atoms with Crippen LogP contribution < -0.4 is 9.64 Å². The number of aromatic nitrogens is 2. The van der Waals surface area contributed by atoms with Crippen molar-refractivity contribution < 1.29 is 18.7 Å². The van der Waals surface area contributed by atoms with Gasteiger partial charge in [0.05, 0.1) is 24.7 Å². The zero-order valence-electron chi connectivity index (χ0n) is 16.7. The van der Waals surface area contributed by atoms with E-state index in [1.165, 1.54) is 22.4 Å². The van der Waals surface area contributed by atoms with Crippen molar-refractivity contribution in [2.24, 2.45) is 0 Å². The van der Waals surface area contributed by atoms with Crippen LogP contribution in [0.25, 0.3) is 10.4 Å². The van der Waals surface area contributed by atoms with Crippen molar-refractivity contribution in [3.05, 3.63) is 60.3 Å². The average molecular weight is 415 g/mol. The Morgan fingerprint density at radius 2 is 1.90 bits per heavy atom. The minimum Gasteiger partial charge on any atom is -0.497 e. The van der Waals surface area contributed by atoms with E-state index in [2.05, 4.69) is 9.97 Å². The van der Waals surface area contributed by atoms with Gasteiger partial charge in [-0.15, -0.1) is 0 Å². The normalized spacial score (nSPS) is 11.2. The molecule has 8 heteroatoms. The molecule has 0 radical (unpaired) electrons. The number of hydrogen-bond acceptors (Lipinski definition) is 6. The fraction of sp³-hybridized carbons (Fsp3) is 0.286. The van der Waals surface area contributed by atoms with Crippen molar-refractivity contribution in [3.8, 4) is 16.2 Å². The maximum atomic E-state index is 14.1. The molecule has 2 heterocycles. The van der Waals surface area contributed by atoms with Crippen LogP contribution in [0.2, 0.25) is 0 Å². The molecule has 29 heavy (non-hydrogen) atoms. The molecule has 1 aromatic carbocycles. The third kappa shape index (κ3) is 5.29. The Kier molecular flexibility index (Phi) is 6.12. The molecular formula is C21H22FN3O3S. The summed E-state index contributed by atoms with van der Waals surface area (Å²) in [7, 11) is 1.59. The SMILES string of the molecule is COc1ccc(CN(C(=O)OC(C)(C)C)c2ncc(-c3ccncc3F)s2)cc1. The van der Waals surface area contributed by atoms with Crippen LogP contribution in [0, 0.1) is 5.82 Å². The number of hydrogen-bond donors (Lipinski definition) is 0. The van der Waals surface area contributed by atoms with E-state index in [0.717, 1.165) is 17.5 Å². The fourth-order valence-electron chi connectivity index (χ4n) is 2.53. The Bertz CT molecular complexity index is 983. The van der Waals surface area contributed by atoms with Gasteiger partial charge in [-0.2, -0.15) is 0 Å². The Morgan fingerprint density at radius 1 is 1.17 bits per heavy atom. The van der Waals surface area contributed by atoms with Crippen LogP contribution in [0.5, 0.6) is 5.75 Å². The second-order valence-electron chi connectivity index (χ2n) is 7.28. The molecule has 1 amide bonds. The number of pyridine rings is 1. The number of rotatable bonds is 5. The molecule has 0 bridgehead atoms. The molecule has 0 saturated carbocycles. The van der Waals surface area contributed by atoms with Crippen LogP contribution in [-0.4, -0.2) is 28.8 Å². The smallest absolute Gasteiger partial charge is 0.416 e. The summed E-state index contributed by atoms with van der Waals surface area (Å²) in [6, 6.07) is 8.96. The van der Waals surface area contributed by atoms with Gasteiger partial charge in [0.1, 0.15) is 17.2 Å². The number of benzene rings is 1. The summed E-state index contributed by atoms with van der Waals surface area (Å²) in [5, 5.41) is 0.418. The second-order valence-corrected chi connectivity index (χ2v) is 8.29. The molecule has 0 aliphatic heterocycles. The monoisotopic (exact) mass is 415 g/mol. The number of methoxy groups -OCH3 is 1. The zero-order valence-corrected chi connectivity index (χ0v) is 17.5. The first-order valence-corrected chi connectivity index (χ1v) is 9.77. The number of carbonyl (C=O) groups excluding carboxylic acids is 1. The number of carbonyl (C=O) groups is 1. The first kappa shape index (κ1) is 20.7. The van der Waals surface area contributed by atoms with Crippen molar-refractivity contribution in [2.45, 2.75) is 32.9 Å². The van der Waals surface area contributed by atoms with Crippen molar-refractivity contribution in [3.63, 3.8) is 0 Å². The lowest BCUT2D eigenvalue weighted by Gasteiger charge is -2.26. The first-order valence-electron chi connectivity index (χ1n) is 8.96. The highest BCUT2D eigenvalue weighted by molar-refractivity contribution is 7.19. The number of halogens is 1. The van der Waals surface area contributed by atoms with Gasteiger partial charge in [0.15, 0.2) is 5.13 Å². The minimum absolute atomic E-state index is 0.255. The highest BCUT2D eigenvalue weighted by atomic mass is 32.1. The molecule has 0 aliphatic carbocycles. The quantitative estimate of drug-likeness (QED) is 0.566. The number of nitrogens with zero attached hydrogens (tertiary/aromatic N) is 3. The highest BCUT2D eigenvalue weighted by Crippen LogP contribution is 2.33. The predicted octanol–water partition coefficient (Wildman–Crippen LogP) is 5.29. The third-order valence-electron chi connectivity index (χ3n) is 3.88. The van der Waals surface area contributed by atoms with E-state index >= 15 is 0 Å². The molecule has 0 atom stereocenters. The average Bonchev–Trinajstić information content (AvgIpc) is 3.15. The van der Waals surface area contributed by atoms with Crippen LogP contribution in [0.4, 0.5) is 14.3 Å². The van der Waals surface area contributed by atoms with Gasteiger partial charge in [-0.05, 0) is 44.5 Å². The molecule has 152 valence electrons. The topological polar surface area (TPSA) is 64.5 Å². The van der Waals surface area contributed by atoms with Gasteiger partial charge in [-0.25, -0.2) is 19.1 Å². The first-order chi connectivity index (χ1) is 13.8. The largest absolute Gasteiger partial charge is 0.497 e. The minimum atomic E-state index is -0.660. The van der Waals surface area contributed by atoms with Gasteiger partial charge in [0, 0.05) is 18.0 Å². The van der Waals surface area contributed by atoms with Crippen LogP contribution in [0.15, 0.2) is 48.9 Å². The lowest BCUT2D eigenvalue weighted by atomic mass is 10.2. The second kappa shape index (κ2) is 8.57. The molecule has 0 fully saturated rings. The highest BCUT2D eigenvalue weighted by Gasteiger charge is 2.26. The van der Waals surface area contributed by atoms with Gasteiger partial charge in [0.25, 0.3) is 0 Å². The zero-order chi connectivity index (χ0) is 21.0. The maximum absolute atomic E-state index is 14.1. The number of anilines is 1. The van der Waals surface area contributed by atoms with E-state index in [1.807, 2.05) is 24.3 Å². The molecule has 6 nitrogen and oxygen atoms in total. The van der Waals surface area contributed by atoms with E-state index in [1.54, 1.807) is 40.1 Å². The molecular weight excluding hydrogens is 393 g/mol. The molecule has 0 N–H and O–H groups in total. The predicted molar refractivity (Wildman–Crippen MR) is 111 cm³/mol. The third-order valence-corrected chi connectivity index (χ3v) is 4.93. The summed E-state index contributed by atoms with van der Waals surface area (Å²) in [6.45, 7) is 5.66. The number of amides is 1. The van der Waals surface area contributed by atoms with Crippen LogP contribution in [0.3, 0.4) is 0 Å². The van der Waals surface area contributed by atoms with E-state index in [4.69, 9.17) is 9.47 Å². The lowest BCUT2D eigenvalue weighted by Crippen LogP contribution is -2.36. The van der Waals surface area contributed by atoms with Crippen LogP contribution in [-0.2, 0) is 11.3 Å². The summed E-state index contributed by atoms with van der Waals surface area (Å²) >= 11 is 1.21. The molecule has 0 aliphatic rings. The van der Waals surface area contributed by atoms with Crippen molar-refractivity contribution >= 4 is 22.6 Å². The van der Waals surface area contributed by atoms with Crippen molar-refractivity contribution in [1.82, 2.24) is 9.97 Å². The van der Waals surface area contributed by atoms with Gasteiger partial charge in [0.2, 0.25) is 0 Å². The van der Waals surface area contributed by atoms with E-state index in [-0.39, 0.29) is 6.54 Å². The molecule has 0 saturated heterocycles. The summed E-state index contributed by atoms with van der Waals surface area (Å²) in [5.74, 6) is 0.281. The molecule has 2 aromatic heterocycles. The van der Waals surface area contributed by atoms with E-state index < -0.39 is 17.5 Å². The van der Waals surface area contributed by atoms with Gasteiger partial charge >= 0.3 is 6.09 Å². The van der Waals surface area contributed by atoms with Gasteiger partial charge < -0.3 is 9.47 Å². The Morgan fingerprint density at radius 3 is 2.52 bits per heavy atom. The van der Waals surface area contributed by atoms with Gasteiger partial charge in [-0.1, -0.05) is 23.5 Å². The molecule has 0 unspecified atom stereocenters. The summed E-state index contributed by atoms with van der Waals surface area (Å²) in [4.78, 5) is 23.0. The summed E-state index contributed by atoms with van der Waals surface area (Å²) < 4.78 is 24.8. The Labute approximate surface area is 172 Å². The fourth-order valence-corrected chi connectivity index (χ4v) is 3.46. The maximum Gasteiger partial charge on any atom is 0.416 e.